The van der Waals surface area contributed by atoms with E-state index < -0.39 is 0 Å². The molecule has 0 radical (unpaired) electrons. The Morgan fingerprint density at radius 3 is 2.80 bits per heavy atom. The number of piperidine rings is 1. The van der Waals surface area contributed by atoms with E-state index in [9.17, 15) is 0 Å². The standard InChI is InChI=1S/C16H26N4/c1-16(2,3)15-17-8-7-14(18-15)20-11-10-19-9-5-4-6-13(19)12-20/h7-8,13H,4-6,9-12H2,1-3H3. The first kappa shape index (κ1) is 13.8. The van der Waals surface area contributed by atoms with E-state index in [-0.39, 0.29) is 5.41 Å². The number of hydrogen-bond acceptors (Lipinski definition) is 4. The summed E-state index contributed by atoms with van der Waals surface area (Å²) in [4.78, 5) is 14.3. The molecule has 0 spiro atoms. The molecule has 2 aliphatic rings. The van der Waals surface area contributed by atoms with Crippen LogP contribution >= 0.6 is 0 Å². The molecule has 20 heavy (non-hydrogen) atoms. The molecule has 0 bridgehead atoms. The number of rotatable bonds is 1. The van der Waals surface area contributed by atoms with Crippen molar-refractivity contribution in [2.24, 2.45) is 0 Å². The third-order valence-corrected chi connectivity index (χ3v) is 4.47. The number of piperazine rings is 1. The predicted molar refractivity (Wildman–Crippen MR) is 82.2 cm³/mol. The third kappa shape index (κ3) is 2.80. The van der Waals surface area contributed by atoms with Gasteiger partial charge in [0, 0.05) is 37.3 Å². The van der Waals surface area contributed by atoms with Gasteiger partial charge in [-0.3, -0.25) is 4.90 Å². The van der Waals surface area contributed by atoms with Crippen molar-refractivity contribution in [2.75, 3.05) is 31.1 Å². The Morgan fingerprint density at radius 1 is 1.15 bits per heavy atom. The van der Waals surface area contributed by atoms with Crippen LogP contribution in [0.1, 0.15) is 45.9 Å². The number of aromatic nitrogens is 2. The van der Waals surface area contributed by atoms with Crippen molar-refractivity contribution in [3.8, 4) is 0 Å². The first-order chi connectivity index (χ1) is 9.54. The van der Waals surface area contributed by atoms with Gasteiger partial charge in [0.05, 0.1) is 0 Å². The summed E-state index contributed by atoms with van der Waals surface area (Å²) >= 11 is 0. The van der Waals surface area contributed by atoms with Gasteiger partial charge in [-0.1, -0.05) is 27.2 Å². The monoisotopic (exact) mass is 274 g/mol. The minimum Gasteiger partial charge on any atom is -0.354 e. The van der Waals surface area contributed by atoms with E-state index in [4.69, 9.17) is 4.98 Å². The highest BCUT2D eigenvalue weighted by Gasteiger charge is 2.29. The van der Waals surface area contributed by atoms with Crippen molar-refractivity contribution in [1.82, 2.24) is 14.9 Å². The minimum atomic E-state index is 0.0165. The van der Waals surface area contributed by atoms with Gasteiger partial charge >= 0.3 is 0 Å². The van der Waals surface area contributed by atoms with Crippen molar-refractivity contribution in [2.45, 2.75) is 51.5 Å². The molecular weight excluding hydrogens is 248 g/mol. The lowest BCUT2D eigenvalue weighted by molar-refractivity contribution is 0.133. The van der Waals surface area contributed by atoms with Crippen LogP contribution in [0.25, 0.3) is 0 Å². The highest BCUT2D eigenvalue weighted by atomic mass is 15.3. The fourth-order valence-corrected chi connectivity index (χ4v) is 3.25. The molecule has 110 valence electrons. The molecule has 1 atom stereocenters. The Bertz CT molecular complexity index is 466. The number of nitrogens with zero attached hydrogens (tertiary/aromatic N) is 4. The van der Waals surface area contributed by atoms with Gasteiger partial charge < -0.3 is 4.90 Å². The molecule has 0 aliphatic carbocycles. The molecule has 2 fully saturated rings. The van der Waals surface area contributed by atoms with Crippen LogP contribution in [-0.2, 0) is 5.41 Å². The minimum absolute atomic E-state index is 0.0165. The zero-order valence-corrected chi connectivity index (χ0v) is 13.0. The highest BCUT2D eigenvalue weighted by Crippen LogP contribution is 2.25. The van der Waals surface area contributed by atoms with E-state index >= 15 is 0 Å². The molecule has 1 aromatic rings. The van der Waals surface area contributed by atoms with E-state index in [0.717, 1.165) is 30.8 Å². The summed E-state index contributed by atoms with van der Waals surface area (Å²) in [6.45, 7) is 11.2. The molecule has 4 heteroatoms. The molecule has 2 saturated heterocycles. The van der Waals surface area contributed by atoms with Gasteiger partial charge in [-0.25, -0.2) is 9.97 Å². The molecule has 0 N–H and O–H groups in total. The first-order valence-electron chi connectivity index (χ1n) is 7.86. The van der Waals surface area contributed by atoms with Crippen LogP contribution in [0.5, 0.6) is 0 Å². The van der Waals surface area contributed by atoms with Crippen LogP contribution in [0.2, 0.25) is 0 Å². The molecule has 3 heterocycles. The largest absolute Gasteiger partial charge is 0.354 e. The van der Waals surface area contributed by atoms with Crippen LogP contribution in [0.3, 0.4) is 0 Å². The molecule has 4 nitrogen and oxygen atoms in total. The van der Waals surface area contributed by atoms with E-state index in [0.29, 0.717) is 0 Å². The Kier molecular flexibility index (Phi) is 3.67. The van der Waals surface area contributed by atoms with E-state index in [2.05, 4.69) is 41.6 Å². The lowest BCUT2D eigenvalue weighted by atomic mass is 9.96. The first-order valence-corrected chi connectivity index (χ1v) is 7.86. The smallest absolute Gasteiger partial charge is 0.135 e. The molecule has 1 unspecified atom stereocenters. The van der Waals surface area contributed by atoms with Crippen LogP contribution in [0.15, 0.2) is 12.3 Å². The Balaban J connectivity index is 1.76. The molecule has 0 saturated carbocycles. The van der Waals surface area contributed by atoms with Gasteiger partial charge in [0.15, 0.2) is 0 Å². The molecule has 0 aromatic carbocycles. The van der Waals surface area contributed by atoms with Gasteiger partial charge in [-0.15, -0.1) is 0 Å². The van der Waals surface area contributed by atoms with E-state index in [1.165, 1.54) is 32.4 Å². The summed E-state index contributed by atoms with van der Waals surface area (Å²) in [5.41, 5.74) is 0.0165. The third-order valence-electron chi connectivity index (χ3n) is 4.47. The molecular formula is C16H26N4. The Morgan fingerprint density at radius 2 is 2.00 bits per heavy atom. The Labute approximate surface area is 122 Å². The summed E-state index contributed by atoms with van der Waals surface area (Å²) in [6, 6.07) is 2.79. The highest BCUT2D eigenvalue weighted by molar-refractivity contribution is 5.39. The average Bonchev–Trinajstić information content (AvgIpc) is 2.46. The normalized spacial score (nSPS) is 24.6. The average molecular weight is 274 g/mol. The van der Waals surface area contributed by atoms with Crippen LogP contribution < -0.4 is 4.90 Å². The van der Waals surface area contributed by atoms with Gasteiger partial charge in [0.2, 0.25) is 0 Å². The van der Waals surface area contributed by atoms with Crippen molar-refractivity contribution in [3.05, 3.63) is 18.1 Å². The maximum atomic E-state index is 4.80. The molecule has 2 aliphatic heterocycles. The van der Waals surface area contributed by atoms with Crippen molar-refractivity contribution >= 4 is 5.82 Å². The van der Waals surface area contributed by atoms with Crippen molar-refractivity contribution in [1.29, 1.82) is 0 Å². The van der Waals surface area contributed by atoms with Crippen molar-refractivity contribution in [3.63, 3.8) is 0 Å². The quantitative estimate of drug-likeness (QED) is 0.787. The van der Waals surface area contributed by atoms with Crippen LogP contribution in [0, 0.1) is 0 Å². The summed E-state index contributed by atoms with van der Waals surface area (Å²) in [6.07, 6.45) is 6.01. The van der Waals surface area contributed by atoms with Gasteiger partial charge in [-0.2, -0.15) is 0 Å². The maximum absolute atomic E-state index is 4.80. The maximum Gasteiger partial charge on any atom is 0.135 e. The fraction of sp³-hybridized carbons (Fsp3) is 0.750. The summed E-state index contributed by atoms with van der Waals surface area (Å²) in [5, 5.41) is 0. The number of fused-ring (bicyclic) bond motifs is 1. The molecule has 1 aromatic heterocycles. The fourth-order valence-electron chi connectivity index (χ4n) is 3.25. The molecule has 3 rings (SSSR count). The summed E-state index contributed by atoms with van der Waals surface area (Å²) < 4.78 is 0. The second-order valence-corrected chi connectivity index (χ2v) is 7.12. The summed E-state index contributed by atoms with van der Waals surface area (Å²) in [7, 11) is 0. The van der Waals surface area contributed by atoms with Gasteiger partial charge in [0.25, 0.3) is 0 Å². The zero-order valence-electron chi connectivity index (χ0n) is 13.0. The van der Waals surface area contributed by atoms with Gasteiger partial charge in [-0.05, 0) is 25.5 Å². The summed E-state index contributed by atoms with van der Waals surface area (Å²) in [5.74, 6) is 2.05. The van der Waals surface area contributed by atoms with Gasteiger partial charge in [0.1, 0.15) is 11.6 Å². The predicted octanol–water partition coefficient (Wildman–Crippen LogP) is 2.45. The molecule has 0 amide bonds. The second-order valence-electron chi connectivity index (χ2n) is 7.12. The topological polar surface area (TPSA) is 32.3 Å². The SMILES string of the molecule is CC(C)(C)c1nccc(N2CCN3CCCCC3C2)n1. The van der Waals surface area contributed by atoms with Crippen molar-refractivity contribution < 1.29 is 0 Å². The van der Waals surface area contributed by atoms with Crippen LogP contribution in [-0.4, -0.2) is 47.1 Å². The number of anilines is 1. The van der Waals surface area contributed by atoms with Crippen LogP contribution in [0.4, 0.5) is 5.82 Å². The zero-order chi connectivity index (χ0) is 14.2. The Hall–Kier alpha value is -1.16. The second kappa shape index (κ2) is 5.32. The van der Waals surface area contributed by atoms with E-state index in [1.54, 1.807) is 0 Å². The lowest BCUT2D eigenvalue weighted by Gasteiger charge is -2.44. The lowest BCUT2D eigenvalue weighted by Crippen LogP contribution is -2.55. The number of hydrogen-bond donors (Lipinski definition) is 0. The van der Waals surface area contributed by atoms with E-state index in [1.807, 2.05) is 6.20 Å².